The minimum atomic E-state index is -3.89. The monoisotopic (exact) mass is 351 g/mol. The second-order valence-electron chi connectivity index (χ2n) is 4.34. The zero-order valence-electron chi connectivity index (χ0n) is 10.3. The van der Waals surface area contributed by atoms with Gasteiger partial charge in [-0.2, -0.15) is 0 Å². The van der Waals surface area contributed by atoms with Gasteiger partial charge in [-0.05, 0) is 47.5 Å². The summed E-state index contributed by atoms with van der Waals surface area (Å²) in [6, 6.07) is 4.65. The molecule has 1 aromatic carbocycles. The van der Waals surface area contributed by atoms with Crippen molar-refractivity contribution in [3.8, 4) is 0 Å². The predicted octanol–water partition coefficient (Wildman–Crippen LogP) is 0.871. The van der Waals surface area contributed by atoms with Crippen molar-refractivity contribution < 1.29 is 23.4 Å². The van der Waals surface area contributed by atoms with Gasteiger partial charge in [-0.15, -0.1) is 0 Å². The highest BCUT2D eigenvalue weighted by atomic mass is 79.9. The van der Waals surface area contributed by atoms with Gasteiger partial charge < -0.3 is 10.2 Å². The molecule has 0 saturated heterocycles. The minimum Gasteiger partial charge on any atom is -0.479 e. The van der Waals surface area contributed by atoms with Gasteiger partial charge in [-0.1, -0.05) is 6.07 Å². The highest BCUT2D eigenvalue weighted by Gasteiger charge is 2.32. The fourth-order valence-electron chi connectivity index (χ4n) is 1.21. The summed E-state index contributed by atoms with van der Waals surface area (Å²) in [6.45, 7) is 2.21. The molecule has 0 aliphatic heterocycles. The second kappa shape index (κ2) is 5.58. The molecular formula is C11H14BrNO5S. The fraction of sp³-hybridized carbons (Fsp3) is 0.364. The Morgan fingerprint density at radius 2 is 2.05 bits per heavy atom. The Balaban J connectivity index is 2.97. The number of hydrogen-bond donors (Lipinski definition) is 3. The molecular weight excluding hydrogens is 338 g/mol. The van der Waals surface area contributed by atoms with Crippen molar-refractivity contribution in [1.82, 2.24) is 4.72 Å². The molecule has 0 fully saturated rings. The van der Waals surface area contributed by atoms with Crippen LogP contribution in [0.3, 0.4) is 0 Å². The number of rotatable bonds is 5. The van der Waals surface area contributed by atoms with E-state index in [4.69, 9.17) is 5.11 Å². The first-order chi connectivity index (χ1) is 8.56. The first kappa shape index (κ1) is 16.1. The fourth-order valence-corrected chi connectivity index (χ4v) is 3.53. The molecule has 1 rings (SSSR count). The summed E-state index contributed by atoms with van der Waals surface area (Å²) in [5.41, 5.74) is -1.28. The molecule has 106 valence electrons. The quantitative estimate of drug-likeness (QED) is 0.730. The number of nitrogens with one attached hydrogen (secondary N) is 1. The molecule has 6 nitrogen and oxygen atoms in total. The Hall–Kier alpha value is -0.960. The van der Waals surface area contributed by atoms with Gasteiger partial charge in [0.05, 0.1) is 11.4 Å². The van der Waals surface area contributed by atoms with Crippen molar-refractivity contribution >= 4 is 31.9 Å². The number of aliphatic carboxylic acids is 1. The summed E-state index contributed by atoms with van der Waals surface area (Å²) in [6.07, 6.45) is 0. The zero-order chi connectivity index (χ0) is 14.8. The number of halogens is 1. The molecule has 0 aliphatic rings. The van der Waals surface area contributed by atoms with Crippen LogP contribution < -0.4 is 4.72 Å². The van der Waals surface area contributed by atoms with Crippen LogP contribution in [0.15, 0.2) is 27.6 Å². The average Bonchev–Trinajstić information content (AvgIpc) is 2.26. The summed E-state index contributed by atoms with van der Waals surface area (Å²) in [5.74, 6) is -1.50. The van der Waals surface area contributed by atoms with Crippen molar-refractivity contribution in [2.24, 2.45) is 0 Å². The third-order valence-electron chi connectivity index (χ3n) is 2.44. The lowest BCUT2D eigenvalue weighted by atomic mass is 10.1. The summed E-state index contributed by atoms with van der Waals surface area (Å²) in [5, 5.41) is 18.2. The van der Waals surface area contributed by atoms with E-state index in [1.165, 1.54) is 6.07 Å². The highest BCUT2D eigenvalue weighted by Crippen LogP contribution is 2.23. The van der Waals surface area contributed by atoms with Gasteiger partial charge in [0, 0.05) is 4.47 Å². The first-order valence-electron chi connectivity index (χ1n) is 5.28. The van der Waals surface area contributed by atoms with Crippen molar-refractivity contribution in [1.29, 1.82) is 0 Å². The van der Waals surface area contributed by atoms with Crippen LogP contribution in [0.1, 0.15) is 12.5 Å². The summed E-state index contributed by atoms with van der Waals surface area (Å²) in [7, 11) is -3.89. The van der Waals surface area contributed by atoms with E-state index >= 15 is 0 Å². The molecule has 0 radical (unpaired) electrons. The van der Waals surface area contributed by atoms with Crippen LogP contribution in [-0.2, 0) is 14.8 Å². The normalized spacial score (nSPS) is 14.9. The SMILES string of the molecule is Cc1ccc(S(=O)(=O)NCC(C)(O)C(=O)O)c(Br)c1. The summed E-state index contributed by atoms with van der Waals surface area (Å²) in [4.78, 5) is 10.7. The molecule has 0 aliphatic carbocycles. The molecule has 1 atom stereocenters. The van der Waals surface area contributed by atoms with Crippen molar-refractivity contribution in [2.75, 3.05) is 6.54 Å². The molecule has 0 heterocycles. The molecule has 1 aromatic rings. The number of aliphatic hydroxyl groups is 1. The van der Waals surface area contributed by atoms with Crippen LogP contribution in [0.5, 0.6) is 0 Å². The zero-order valence-corrected chi connectivity index (χ0v) is 12.7. The smallest absolute Gasteiger partial charge is 0.336 e. The molecule has 0 aromatic heterocycles. The summed E-state index contributed by atoms with van der Waals surface area (Å²) >= 11 is 3.13. The third-order valence-corrected chi connectivity index (χ3v) is 4.82. The number of sulfonamides is 1. The van der Waals surface area contributed by atoms with Crippen LogP contribution in [0.2, 0.25) is 0 Å². The van der Waals surface area contributed by atoms with E-state index in [-0.39, 0.29) is 4.90 Å². The molecule has 19 heavy (non-hydrogen) atoms. The van der Waals surface area contributed by atoms with Gasteiger partial charge in [-0.3, -0.25) is 0 Å². The van der Waals surface area contributed by atoms with Gasteiger partial charge in [0.15, 0.2) is 5.60 Å². The van der Waals surface area contributed by atoms with E-state index in [9.17, 15) is 18.3 Å². The number of carbonyl (C=O) groups is 1. The summed E-state index contributed by atoms with van der Waals surface area (Å²) < 4.78 is 26.4. The van der Waals surface area contributed by atoms with Crippen LogP contribution in [-0.4, -0.2) is 36.7 Å². The predicted molar refractivity (Wildman–Crippen MR) is 72.3 cm³/mol. The lowest BCUT2D eigenvalue weighted by Crippen LogP contribution is -2.46. The lowest BCUT2D eigenvalue weighted by Gasteiger charge is -2.18. The van der Waals surface area contributed by atoms with Gasteiger partial charge in [0.25, 0.3) is 0 Å². The van der Waals surface area contributed by atoms with Crippen molar-refractivity contribution in [3.05, 3.63) is 28.2 Å². The number of benzene rings is 1. The van der Waals surface area contributed by atoms with Crippen molar-refractivity contribution in [2.45, 2.75) is 24.3 Å². The van der Waals surface area contributed by atoms with Gasteiger partial charge in [0.2, 0.25) is 10.0 Å². The largest absolute Gasteiger partial charge is 0.479 e. The van der Waals surface area contributed by atoms with E-state index in [0.717, 1.165) is 12.5 Å². The molecule has 3 N–H and O–H groups in total. The van der Waals surface area contributed by atoms with E-state index in [1.54, 1.807) is 12.1 Å². The Morgan fingerprint density at radius 3 is 2.53 bits per heavy atom. The Kier molecular flexibility index (Phi) is 4.72. The second-order valence-corrected chi connectivity index (χ2v) is 6.93. The van der Waals surface area contributed by atoms with Crippen LogP contribution in [0.25, 0.3) is 0 Å². The maximum absolute atomic E-state index is 12.0. The molecule has 8 heteroatoms. The van der Waals surface area contributed by atoms with Crippen LogP contribution in [0, 0.1) is 6.92 Å². The number of hydrogen-bond acceptors (Lipinski definition) is 4. The molecule has 1 unspecified atom stereocenters. The van der Waals surface area contributed by atoms with E-state index in [2.05, 4.69) is 20.7 Å². The van der Waals surface area contributed by atoms with E-state index in [1.807, 2.05) is 6.92 Å². The van der Waals surface area contributed by atoms with Crippen LogP contribution >= 0.6 is 15.9 Å². The number of carboxylic acids is 1. The molecule has 0 bridgehead atoms. The highest BCUT2D eigenvalue weighted by molar-refractivity contribution is 9.10. The Bertz CT molecular complexity index is 597. The standard InChI is InChI=1S/C11H14BrNO5S/c1-7-3-4-9(8(12)5-7)19(17,18)13-6-11(2,16)10(14)15/h3-5,13,16H,6H2,1-2H3,(H,14,15). The van der Waals surface area contributed by atoms with Crippen molar-refractivity contribution in [3.63, 3.8) is 0 Å². The molecule has 0 amide bonds. The molecule has 0 saturated carbocycles. The maximum Gasteiger partial charge on any atom is 0.336 e. The first-order valence-corrected chi connectivity index (χ1v) is 7.55. The number of aryl methyl sites for hydroxylation is 1. The molecule has 0 spiro atoms. The van der Waals surface area contributed by atoms with E-state index in [0.29, 0.717) is 4.47 Å². The van der Waals surface area contributed by atoms with Gasteiger partial charge in [0.1, 0.15) is 0 Å². The van der Waals surface area contributed by atoms with Gasteiger partial charge >= 0.3 is 5.97 Å². The topological polar surface area (TPSA) is 104 Å². The van der Waals surface area contributed by atoms with Crippen LogP contribution in [0.4, 0.5) is 0 Å². The maximum atomic E-state index is 12.0. The minimum absolute atomic E-state index is 0.0145. The lowest BCUT2D eigenvalue weighted by molar-refractivity contribution is -0.155. The Labute approximate surface area is 119 Å². The Morgan fingerprint density at radius 1 is 1.47 bits per heavy atom. The average molecular weight is 352 g/mol. The third kappa shape index (κ3) is 4.00. The van der Waals surface area contributed by atoms with Gasteiger partial charge in [-0.25, -0.2) is 17.9 Å². The van der Waals surface area contributed by atoms with E-state index < -0.39 is 28.1 Å². The number of carboxylic acid groups (broad SMARTS) is 1.